The molecule has 1 aliphatic heterocycles. The van der Waals surface area contributed by atoms with E-state index in [1.807, 2.05) is 0 Å². The summed E-state index contributed by atoms with van der Waals surface area (Å²) in [4.78, 5) is 10.1. The number of nitrogens with zero attached hydrogens (tertiary/aromatic N) is 3. The molecule has 1 aromatic rings. The van der Waals surface area contributed by atoms with Crippen molar-refractivity contribution in [2.24, 2.45) is 0 Å². The van der Waals surface area contributed by atoms with Gasteiger partial charge in [-0.2, -0.15) is 9.97 Å². The minimum absolute atomic E-state index is 0.218. The van der Waals surface area contributed by atoms with E-state index in [0.29, 0.717) is 12.4 Å². The molecule has 0 aliphatic carbocycles. The van der Waals surface area contributed by atoms with Crippen LogP contribution in [-0.2, 0) is 4.74 Å². The number of nitrogens with two attached hydrogens (primary N) is 2. The fourth-order valence-electron chi connectivity index (χ4n) is 1.61. The van der Waals surface area contributed by atoms with Crippen LogP contribution in [0.5, 0.6) is 0 Å². The number of rotatable bonds is 1. The van der Waals surface area contributed by atoms with E-state index >= 15 is 0 Å². The Balaban J connectivity index is 2.19. The summed E-state index contributed by atoms with van der Waals surface area (Å²) in [5.41, 5.74) is 11.2. The van der Waals surface area contributed by atoms with Gasteiger partial charge in [-0.05, 0) is 6.42 Å². The van der Waals surface area contributed by atoms with Crippen LogP contribution in [0.15, 0.2) is 6.07 Å². The van der Waals surface area contributed by atoms with E-state index in [9.17, 15) is 0 Å². The molecule has 0 spiro atoms. The second-order valence-corrected chi connectivity index (χ2v) is 3.46. The van der Waals surface area contributed by atoms with Crippen molar-refractivity contribution in [2.45, 2.75) is 6.42 Å². The molecule has 1 aromatic heterocycles. The van der Waals surface area contributed by atoms with E-state index in [1.165, 1.54) is 0 Å². The number of anilines is 3. The molecular formula is C9H15N5O. The van der Waals surface area contributed by atoms with E-state index < -0.39 is 0 Å². The van der Waals surface area contributed by atoms with Crippen molar-refractivity contribution in [3.05, 3.63) is 6.07 Å². The maximum absolute atomic E-state index is 5.62. The van der Waals surface area contributed by atoms with Gasteiger partial charge >= 0.3 is 0 Å². The summed E-state index contributed by atoms with van der Waals surface area (Å²) in [6.45, 7) is 3.24. The smallest absolute Gasteiger partial charge is 0.223 e. The summed E-state index contributed by atoms with van der Waals surface area (Å²) >= 11 is 0. The number of aromatic nitrogens is 2. The molecule has 1 fully saturated rings. The van der Waals surface area contributed by atoms with Gasteiger partial charge in [-0.25, -0.2) is 0 Å². The summed E-state index contributed by atoms with van der Waals surface area (Å²) in [6, 6.07) is 1.74. The number of nitrogen functional groups attached to an aromatic ring is 2. The molecule has 1 aliphatic rings. The third-order valence-corrected chi connectivity index (χ3v) is 2.30. The maximum atomic E-state index is 5.62. The molecular weight excluding hydrogens is 194 g/mol. The number of ether oxygens (including phenoxy) is 1. The summed E-state index contributed by atoms with van der Waals surface area (Å²) in [5, 5.41) is 0. The first-order valence-corrected chi connectivity index (χ1v) is 4.98. The van der Waals surface area contributed by atoms with Crippen LogP contribution in [0.3, 0.4) is 0 Å². The van der Waals surface area contributed by atoms with Crippen LogP contribution >= 0.6 is 0 Å². The zero-order valence-electron chi connectivity index (χ0n) is 8.52. The normalized spacial score (nSPS) is 17.5. The molecule has 82 valence electrons. The highest BCUT2D eigenvalue weighted by molar-refractivity contribution is 5.50. The third kappa shape index (κ3) is 2.47. The minimum Gasteiger partial charge on any atom is -0.383 e. The summed E-state index contributed by atoms with van der Waals surface area (Å²) in [5.74, 6) is 1.41. The van der Waals surface area contributed by atoms with Gasteiger partial charge < -0.3 is 21.1 Å². The molecule has 0 amide bonds. The predicted octanol–water partition coefficient (Wildman–Crippen LogP) is -0.132. The number of hydrogen-bond donors (Lipinski definition) is 2. The highest BCUT2D eigenvalue weighted by atomic mass is 16.5. The van der Waals surface area contributed by atoms with Crippen molar-refractivity contribution < 1.29 is 4.74 Å². The van der Waals surface area contributed by atoms with Crippen LogP contribution in [0.4, 0.5) is 17.6 Å². The van der Waals surface area contributed by atoms with Crippen LogP contribution in [-0.4, -0.2) is 36.3 Å². The van der Waals surface area contributed by atoms with Crippen LogP contribution < -0.4 is 16.4 Å². The Bertz CT molecular complexity index is 315. The predicted molar refractivity (Wildman–Crippen MR) is 58.5 cm³/mol. The van der Waals surface area contributed by atoms with E-state index in [-0.39, 0.29) is 5.95 Å². The van der Waals surface area contributed by atoms with Gasteiger partial charge in [0.25, 0.3) is 0 Å². The van der Waals surface area contributed by atoms with Crippen molar-refractivity contribution in [3.8, 4) is 0 Å². The molecule has 0 radical (unpaired) electrons. The third-order valence-electron chi connectivity index (χ3n) is 2.30. The Hall–Kier alpha value is -1.56. The lowest BCUT2D eigenvalue weighted by Gasteiger charge is -2.20. The van der Waals surface area contributed by atoms with Gasteiger partial charge in [-0.3, -0.25) is 0 Å². The highest BCUT2D eigenvalue weighted by Crippen LogP contribution is 2.16. The van der Waals surface area contributed by atoms with Gasteiger partial charge in [0.05, 0.1) is 6.61 Å². The van der Waals surface area contributed by atoms with Crippen molar-refractivity contribution in [1.29, 1.82) is 0 Å². The fraction of sp³-hybridized carbons (Fsp3) is 0.556. The van der Waals surface area contributed by atoms with E-state index in [0.717, 1.165) is 31.9 Å². The van der Waals surface area contributed by atoms with Crippen molar-refractivity contribution in [1.82, 2.24) is 9.97 Å². The Labute approximate surface area is 88.2 Å². The zero-order valence-corrected chi connectivity index (χ0v) is 8.52. The van der Waals surface area contributed by atoms with Crippen molar-refractivity contribution in [3.63, 3.8) is 0 Å². The lowest BCUT2D eigenvalue weighted by molar-refractivity contribution is 0.152. The summed E-state index contributed by atoms with van der Waals surface area (Å²) in [6.07, 6.45) is 0.990. The summed E-state index contributed by atoms with van der Waals surface area (Å²) in [7, 11) is 0. The first-order valence-electron chi connectivity index (χ1n) is 4.98. The van der Waals surface area contributed by atoms with Gasteiger partial charge in [-0.15, -0.1) is 0 Å². The summed E-state index contributed by atoms with van der Waals surface area (Å²) < 4.78 is 5.36. The number of hydrogen-bond acceptors (Lipinski definition) is 6. The van der Waals surface area contributed by atoms with Gasteiger partial charge in [0, 0.05) is 25.8 Å². The maximum Gasteiger partial charge on any atom is 0.223 e. The average molecular weight is 209 g/mol. The second-order valence-electron chi connectivity index (χ2n) is 3.46. The van der Waals surface area contributed by atoms with Crippen molar-refractivity contribution >= 4 is 17.6 Å². The van der Waals surface area contributed by atoms with E-state index in [2.05, 4.69) is 14.9 Å². The molecule has 15 heavy (non-hydrogen) atoms. The molecule has 0 unspecified atom stereocenters. The molecule has 0 atom stereocenters. The van der Waals surface area contributed by atoms with Crippen LogP contribution in [0.2, 0.25) is 0 Å². The van der Waals surface area contributed by atoms with Gasteiger partial charge in [0.2, 0.25) is 5.95 Å². The molecule has 0 saturated carbocycles. The standard InChI is InChI=1S/C9H15N5O/c10-7-6-8(13-9(11)12-7)14-2-1-4-15-5-3-14/h6H,1-5H2,(H4,10,11,12,13). The Kier molecular flexibility index (Phi) is 2.86. The van der Waals surface area contributed by atoms with Crippen molar-refractivity contribution in [2.75, 3.05) is 42.7 Å². The molecule has 0 bridgehead atoms. The lowest BCUT2D eigenvalue weighted by Crippen LogP contribution is -2.27. The average Bonchev–Trinajstić information content (AvgIpc) is 2.43. The quantitative estimate of drug-likeness (QED) is 0.669. The Morgan fingerprint density at radius 1 is 1.20 bits per heavy atom. The van der Waals surface area contributed by atoms with Crippen LogP contribution in [0.25, 0.3) is 0 Å². The Morgan fingerprint density at radius 2 is 2.07 bits per heavy atom. The second kappa shape index (κ2) is 4.31. The lowest BCUT2D eigenvalue weighted by atomic mass is 10.4. The van der Waals surface area contributed by atoms with Gasteiger partial charge in [-0.1, -0.05) is 0 Å². The van der Waals surface area contributed by atoms with Gasteiger partial charge in [0.1, 0.15) is 11.6 Å². The largest absolute Gasteiger partial charge is 0.383 e. The first-order chi connectivity index (χ1) is 7.25. The molecule has 1 saturated heterocycles. The Morgan fingerprint density at radius 3 is 2.87 bits per heavy atom. The molecule has 4 N–H and O–H groups in total. The first kappa shape index (κ1) is 9.97. The molecule has 0 aromatic carbocycles. The van der Waals surface area contributed by atoms with Gasteiger partial charge in [0.15, 0.2) is 0 Å². The topological polar surface area (TPSA) is 90.3 Å². The van der Waals surface area contributed by atoms with Crippen LogP contribution in [0.1, 0.15) is 6.42 Å². The molecule has 2 rings (SSSR count). The molecule has 6 heteroatoms. The van der Waals surface area contributed by atoms with E-state index in [4.69, 9.17) is 16.2 Å². The molecule has 6 nitrogen and oxygen atoms in total. The fourth-order valence-corrected chi connectivity index (χ4v) is 1.61. The SMILES string of the molecule is Nc1cc(N2CCCOCC2)nc(N)n1. The van der Waals surface area contributed by atoms with E-state index in [1.54, 1.807) is 6.07 Å². The molecule has 2 heterocycles. The zero-order chi connectivity index (χ0) is 10.7. The monoisotopic (exact) mass is 209 g/mol. The van der Waals surface area contributed by atoms with Crippen LogP contribution in [0, 0.1) is 0 Å². The minimum atomic E-state index is 0.218. The highest BCUT2D eigenvalue weighted by Gasteiger charge is 2.12.